The first kappa shape index (κ1) is 13.5. The summed E-state index contributed by atoms with van der Waals surface area (Å²) >= 11 is 0. The maximum atomic E-state index is 11.9. The Kier molecular flexibility index (Phi) is 3.84. The van der Waals surface area contributed by atoms with E-state index in [9.17, 15) is 9.59 Å². The number of aromatic nitrogens is 4. The van der Waals surface area contributed by atoms with Gasteiger partial charge in [0.15, 0.2) is 11.2 Å². The molecule has 3 N–H and O–H groups in total. The number of aromatic amines is 1. The Morgan fingerprint density at radius 2 is 2.11 bits per heavy atom. The quantitative estimate of drug-likeness (QED) is 0.777. The molecule has 104 valence electrons. The van der Waals surface area contributed by atoms with Crippen molar-refractivity contribution in [3.05, 3.63) is 26.7 Å². The molecule has 0 bridgehead atoms. The average Bonchev–Trinajstić information content (AvgIpc) is 2.69. The predicted octanol–water partition coefficient (Wildman–Crippen LogP) is -0.275. The number of hydrogen-bond acceptors (Lipinski definition) is 4. The van der Waals surface area contributed by atoms with E-state index in [-0.39, 0.29) is 5.56 Å². The van der Waals surface area contributed by atoms with Gasteiger partial charge in [0.05, 0.1) is 0 Å². The fourth-order valence-corrected chi connectivity index (χ4v) is 2.21. The van der Waals surface area contributed by atoms with Crippen LogP contribution in [0.15, 0.2) is 9.59 Å². The first-order chi connectivity index (χ1) is 9.10. The van der Waals surface area contributed by atoms with Crippen LogP contribution in [-0.4, -0.2) is 25.6 Å². The SMILES string of the molecule is CCCn1c(=O)[nH]c(=O)c2c1nc(CCCN)n2C. The molecule has 0 aromatic carbocycles. The van der Waals surface area contributed by atoms with E-state index in [1.165, 1.54) is 4.57 Å². The highest BCUT2D eigenvalue weighted by molar-refractivity contribution is 5.70. The number of hydrogen-bond donors (Lipinski definition) is 2. The standard InChI is InChI=1S/C12H19N5O2/c1-3-7-17-10-9(11(18)15-12(17)19)16(2)8(14-10)5-4-6-13/h3-7,13H2,1-2H3,(H,15,18,19). The molecule has 0 unspecified atom stereocenters. The van der Waals surface area contributed by atoms with Crippen molar-refractivity contribution in [3.63, 3.8) is 0 Å². The van der Waals surface area contributed by atoms with Crippen molar-refractivity contribution in [1.82, 2.24) is 19.1 Å². The van der Waals surface area contributed by atoms with Gasteiger partial charge in [0, 0.05) is 20.0 Å². The van der Waals surface area contributed by atoms with Crippen LogP contribution >= 0.6 is 0 Å². The number of nitrogens with zero attached hydrogens (tertiary/aromatic N) is 3. The summed E-state index contributed by atoms with van der Waals surface area (Å²) in [6, 6.07) is 0. The molecule has 19 heavy (non-hydrogen) atoms. The smallest absolute Gasteiger partial charge is 0.330 e. The van der Waals surface area contributed by atoms with Crippen molar-refractivity contribution >= 4 is 11.2 Å². The molecule has 2 aromatic heterocycles. The van der Waals surface area contributed by atoms with Crippen molar-refractivity contribution in [2.75, 3.05) is 6.54 Å². The van der Waals surface area contributed by atoms with Crippen molar-refractivity contribution in [3.8, 4) is 0 Å². The maximum Gasteiger partial charge on any atom is 0.330 e. The zero-order valence-corrected chi connectivity index (χ0v) is 11.3. The van der Waals surface area contributed by atoms with E-state index in [4.69, 9.17) is 5.73 Å². The molecule has 7 nitrogen and oxygen atoms in total. The minimum absolute atomic E-state index is 0.388. The van der Waals surface area contributed by atoms with Gasteiger partial charge in [-0.1, -0.05) is 6.92 Å². The van der Waals surface area contributed by atoms with Gasteiger partial charge in [-0.3, -0.25) is 14.3 Å². The summed E-state index contributed by atoms with van der Waals surface area (Å²) in [5.41, 5.74) is 5.61. The first-order valence-corrected chi connectivity index (χ1v) is 6.48. The monoisotopic (exact) mass is 265 g/mol. The third-order valence-corrected chi connectivity index (χ3v) is 3.16. The number of nitrogens with two attached hydrogens (primary N) is 1. The van der Waals surface area contributed by atoms with Crippen LogP contribution in [0.2, 0.25) is 0 Å². The molecule has 0 aliphatic heterocycles. The molecule has 0 atom stereocenters. The van der Waals surface area contributed by atoms with Gasteiger partial charge in [-0.2, -0.15) is 0 Å². The van der Waals surface area contributed by atoms with Gasteiger partial charge in [0.2, 0.25) is 0 Å². The van der Waals surface area contributed by atoms with E-state index in [2.05, 4.69) is 9.97 Å². The normalized spacial score (nSPS) is 11.3. The molecule has 0 saturated heterocycles. The highest BCUT2D eigenvalue weighted by Gasteiger charge is 2.15. The van der Waals surface area contributed by atoms with Gasteiger partial charge < -0.3 is 10.3 Å². The summed E-state index contributed by atoms with van der Waals surface area (Å²) in [6.45, 7) is 3.09. The molecular weight excluding hydrogens is 246 g/mol. The van der Waals surface area contributed by atoms with E-state index in [0.717, 1.165) is 18.7 Å². The lowest BCUT2D eigenvalue weighted by molar-refractivity contribution is 0.651. The number of aryl methyl sites for hydroxylation is 3. The van der Waals surface area contributed by atoms with E-state index in [1.807, 2.05) is 6.92 Å². The van der Waals surface area contributed by atoms with Crippen molar-refractivity contribution in [1.29, 1.82) is 0 Å². The molecule has 0 aliphatic carbocycles. The lowest BCUT2D eigenvalue weighted by atomic mass is 10.3. The van der Waals surface area contributed by atoms with E-state index >= 15 is 0 Å². The predicted molar refractivity (Wildman–Crippen MR) is 73.3 cm³/mol. The Morgan fingerprint density at radius 1 is 1.37 bits per heavy atom. The number of nitrogens with one attached hydrogen (secondary N) is 1. The molecular formula is C12H19N5O2. The van der Waals surface area contributed by atoms with Gasteiger partial charge in [-0.05, 0) is 19.4 Å². The molecule has 2 aromatic rings. The summed E-state index contributed by atoms with van der Waals surface area (Å²) in [4.78, 5) is 30.5. The Balaban J connectivity index is 2.70. The third-order valence-electron chi connectivity index (χ3n) is 3.16. The van der Waals surface area contributed by atoms with Gasteiger partial charge in [0.25, 0.3) is 5.56 Å². The molecule has 7 heteroatoms. The van der Waals surface area contributed by atoms with Gasteiger partial charge >= 0.3 is 5.69 Å². The Labute approximate surface area is 110 Å². The Hall–Kier alpha value is -1.89. The van der Waals surface area contributed by atoms with Crippen molar-refractivity contribution < 1.29 is 0 Å². The second kappa shape index (κ2) is 5.40. The molecule has 0 fully saturated rings. The zero-order chi connectivity index (χ0) is 14.0. The second-order valence-electron chi connectivity index (χ2n) is 4.56. The summed E-state index contributed by atoms with van der Waals surface area (Å²) in [7, 11) is 1.79. The first-order valence-electron chi connectivity index (χ1n) is 6.48. The zero-order valence-electron chi connectivity index (χ0n) is 11.3. The molecule has 2 heterocycles. The highest BCUT2D eigenvalue weighted by Crippen LogP contribution is 2.11. The van der Waals surface area contributed by atoms with Crippen LogP contribution in [0.5, 0.6) is 0 Å². The molecule has 0 amide bonds. The van der Waals surface area contributed by atoms with Gasteiger partial charge in [-0.15, -0.1) is 0 Å². The molecule has 2 rings (SSSR count). The van der Waals surface area contributed by atoms with Gasteiger partial charge in [-0.25, -0.2) is 9.78 Å². The van der Waals surface area contributed by atoms with Crippen LogP contribution in [0, 0.1) is 0 Å². The number of rotatable bonds is 5. The summed E-state index contributed by atoms with van der Waals surface area (Å²) in [6.07, 6.45) is 2.30. The van der Waals surface area contributed by atoms with Crippen LogP contribution < -0.4 is 17.0 Å². The fourth-order valence-electron chi connectivity index (χ4n) is 2.21. The average molecular weight is 265 g/mol. The minimum Gasteiger partial charge on any atom is -0.330 e. The van der Waals surface area contributed by atoms with Crippen molar-refractivity contribution in [2.24, 2.45) is 12.8 Å². The minimum atomic E-state index is -0.400. The topological polar surface area (TPSA) is 98.7 Å². The Bertz CT molecular complexity index is 694. The van der Waals surface area contributed by atoms with Gasteiger partial charge in [0.1, 0.15) is 5.82 Å². The maximum absolute atomic E-state index is 11.9. The summed E-state index contributed by atoms with van der Waals surface area (Å²) < 4.78 is 3.26. The van der Waals surface area contributed by atoms with Crippen LogP contribution in [0.25, 0.3) is 11.2 Å². The van der Waals surface area contributed by atoms with Crippen LogP contribution in [-0.2, 0) is 20.0 Å². The highest BCUT2D eigenvalue weighted by atomic mass is 16.2. The van der Waals surface area contributed by atoms with Crippen LogP contribution in [0.3, 0.4) is 0 Å². The van der Waals surface area contributed by atoms with E-state index < -0.39 is 5.69 Å². The second-order valence-corrected chi connectivity index (χ2v) is 4.56. The summed E-state index contributed by atoms with van der Waals surface area (Å²) in [5, 5.41) is 0. The third kappa shape index (κ3) is 2.33. The molecule has 0 aliphatic rings. The molecule has 0 saturated carbocycles. The number of H-pyrrole nitrogens is 1. The Morgan fingerprint density at radius 3 is 2.74 bits per heavy atom. The molecule has 0 radical (unpaired) electrons. The lowest BCUT2D eigenvalue weighted by Crippen LogP contribution is -2.30. The number of imidazole rings is 1. The summed E-state index contributed by atoms with van der Waals surface area (Å²) in [5.74, 6) is 0.779. The molecule has 0 spiro atoms. The number of fused-ring (bicyclic) bond motifs is 1. The van der Waals surface area contributed by atoms with Crippen molar-refractivity contribution in [2.45, 2.75) is 32.7 Å². The lowest BCUT2D eigenvalue weighted by Gasteiger charge is -2.03. The largest absolute Gasteiger partial charge is 0.330 e. The van der Waals surface area contributed by atoms with Crippen LogP contribution in [0.4, 0.5) is 0 Å². The van der Waals surface area contributed by atoms with Crippen LogP contribution in [0.1, 0.15) is 25.6 Å². The fraction of sp³-hybridized carbons (Fsp3) is 0.583. The van der Waals surface area contributed by atoms with E-state index in [1.54, 1.807) is 11.6 Å². The van der Waals surface area contributed by atoms with E-state index in [0.29, 0.717) is 30.7 Å².